The van der Waals surface area contributed by atoms with E-state index < -0.39 is 51.5 Å². The molecule has 0 radical (unpaired) electrons. The lowest BCUT2D eigenvalue weighted by molar-refractivity contribution is -0.163. The molecule has 0 aromatic heterocycles. The van der Waals surface area contributed by atoms with Crippen molar-refractivity contribution < 1.29 is 36.2 Å². The first kappa shape index (κ1) is 20.6. The number of alkyl halides is 6. The van der Waals surface area contributed by atoms with Crippen LogP contribution in [0.15, 0.2) is 23.6 Å². The number of carbonyl (C=O) groups is 1. The monoisotopic (exact) mass is 399 g/mol. The third-order valence-corrected chi connectivity index (χ3v) is 4.46. The van der Waals surface area contributed by atoms with Crippen LogP contribution in [0.25, 0.3) is 5.57 Å². The highest BCUT2D eigenvalue weighted by Gasteiger charge is 2.47. The SMILES string of the molecule is C=C(C(=O)N1CCC(O)CC1)c1ccc(S)c(C(F)(F)F)c1C(F)(F)F. The molecule has 0 saturated carbocycles. The first-order chi connectivity index (χ1) is 11.8. The van der Waals surface area contributed by atoms with Crippen LogP contribution in [-0.2, 0) is 17.1 Å². The van der Waals surface area contributed by atoms with E-state index in [1.165, 1.54) is 0 Å². The van der Waals surface area contributed by atoms with Crippen molar-refractivity contribution in [1.82, 2.24) is 4.90 Å². The van der Waals surface area contributed by atoms with Crippen molar-refractivity contribution in [2.75, 3.05) is 13.1 Å². The van der Waals surface area contributed by atoms with Crippen molar-refractivity contribution in [3.8, 4) is 0 Å². The topological polar surface area (TPSA) is 40.5 Å². The van der Waals surface area contributed by atoms with Gasteiger partial charge in [0, 0.05) is 23.6 Å². The Morgan fingerprint density at radius 1 is 1.08 bits per heavy atom. The number of likely N-dealkylation sites (tertiary alicyclic amines) is 1. The van der Waals surface area contributed by atoms with Crippen molar-refractivity contribution in [1.29, 1.82) is 0 Å². The second-order valence-electron chi connectivity index (χ2n) is 5.88. The first-order valence-corrected chi connectivity index (χ1v) is 7.95. The quantitative estimate of drug-likeness (QED) is 0.448. The van der Waals surface area contributed by atoms with Crippen LogP contribution in [0.4, 0.5) is 26.3 Å². The Kier molecular flexibility index (Phi) is 5.67. The molecule has 144 valence electrons. The Hall–Kier alpha value is -1.68. The fraction of sp³-hybridized carbons (Fsp3) is 0.438. The summed E-state index contributed by atoms with van der Waals surface area (Å²) < 4.78 is 79.8. The highest BCUT2D eigenvalue weighted by atomic mass is 32.1. The van der Waals surface area contributed by atoms with Gasteiger partial charge in [-0.1, -0.05) is 12.6 Å². The summed E-state index contributed by atoms with van der Waals surface area (Å²) in [5, 5.41) is 9.43. The summed E-state index contributed by atoms with van der Waals surface area (Å²) in [7, 11) is 0. The average Bonchev–Trinajstić information content (AvgIpc) is 2.52. The highest BCUT2D eigenvalue weighted by Crippen LogP contribution is 2.46. The van der Waals surface area contributed by atoms with Gasteiger partial charge in [0.25, 0.3) is 5.91 Å². The summed E-state index contributed by atoms with van der Waals surface area (Å²) in [6.45, 7) is 3.46. The second-order valence-corrected chi connectivity index (χ2v) is 6.36. The fourth-order valence-electron chi connectivity index (χ4n) is 2.80. The van der Waals surface area contributed by atoms with Crippen molar-refractivity contribution in [2.45, 2.75) is 36.2 Å². The summed E-state index contributed by atoms with van der Waals surface area (Å²) in [6, 6.07) is 1.52. The maximum Gasteiger partial charge on any atom is 0.418 e. The number of nitrogens with zero attached hydrogens (tertiary/aromatic N) is 1. The maximum absolute atomic E-state index is 13.4. The number of amides is 1. The summed E-state index contributed by atoms with van der Waals surface area (Å²) in [5.74, 6) is -0.901. The number of thiol groups is 1. The third kappa shape index (κ3) is 4.17. The molecule has 1 fully saturated rings. The number of halogens is 6. The van der Waals surface area contributed by atoms with Gasteiger partial charge in [-0.05, 0) is 24.5 Å². The van der Waals surface area contributed by atoms with E-state index in [1.54, 1.807) is 0 Å². The minimum Gasteiger partial charge on any atom is -0.393 e. The number of rotatable bonds is 2. The van der Waals surface area contributed by atoms with Gasteiger partial charge in [0.05, 0.1) is 17.2 Å². The lowest BCUT2D eigenvalue weighted by atomic mass is 9.93. The predicted molar refractivity (Wildman–Crippen MR) is 84.6 cm³/mol. The second kappa shape index (κ2) is 7.15. The first-order valence-electron chi connectivity index (χ1n) is 7.51. The van der Waals surface area contributed by atoms with Gasteiger partial charge in [-0.3, -0.25) is 4.79 Å². The van der Waals surface area contributed by atoms with Crippen LogP contribution in [0.2, 0.25) is 0 Å². The Labute approximate surface area is 150 Å². The van der Waals surface area contributed by atoms with Crippen LogP contribution in [0.1, 0.15) is 29.5 Å². The lowest BCUT2D eigenvalue weighted by Crippen LogP contribution is -2.40. The highest BCUT2D eigenvalue weighted by molar-refractivity contribution is 7.80. The van der Waals surface area contributed by atoms with E-state index in [2.05, 4.69) is 19.2 Å². The number of hydrogen-bond donors (Lipinski definition) is 2. The number of benzene rings is 1. The van der Waals surface area contributed by atoms with Crippen molar-refractivity contribution in [3.63, 3.8) is 0 Å². The molecule has 1 aromatic rings. The van der Waals surface area contributed by atoms with Gasteiger partial charge in [0.1, 0.15) is 0 Å². The van der Waals surface area contributed by atoms with Crippen molar-refractivity contribution in [2.24, 2.45) is 0 Å². The van der Waals surface area contributed by atoms with Crippen LogP contribution in [-0.4, -0.2) is 35.1 Å². The lowest BCUT2D eigenvalue weighted by Gasteiger charge is -2.31. The molecule has 1 aliphatic heterocycles. The molecule has 1 amide bonds. The minimum atomic E-state index is -5.36. The van der Waals surface area contributed by atoms with Crippen molar-refractivity contribution >= 4 is 24.1 Å². The molecule has 1 saturated heterocycles. The van der Waals surface area contributed by atoms with Gasteiger partial charge in [0.15, 0.2) is 0 Å². The maximum atomic E-state index is 13.4. The van der Waals surface area contributed by atoms with Crippen LogP contribution in [0.3, 0.4) is 0 Å². The standard InChI is InChI=1S/C16H15F6NO2S/c1-8(14(25)23-6-4-9(24)5-7-23)10-2-3-11(26)13(16(20,21)22)12(10)15(17,18)19/h2-3,9,24,26H,1,4-7H2. The molecule has 0 atom stereocenters. The molecule has 2 rings (SSSR count). The zero-order valence-corrected chi connectivity index (χ0v) is 14.2. The molecule has 0 aliphatic carbocycles. The third-order valence-electron chi connectivity index (χ3n) is 4.09. The number of carbonyl (C=O) groups excluding carboxylic acids is 1. The summed E-state index contributed by atoms with van der Waals surface area (Å²) >= 11 is 3.50. The van der Waals surface area contributed by atoms with E-state index in [0.29, 0.717) is 0 Å². The molecule has 0 bridgehead atoms. The van der Waals surface area contributed by atoms with Crippen LogP contribution >= 0.6 is 12.6 Å². The van der Waals surface area contributed by atoms with E-state index in [1.807, 2.05) is 0 Å². The number of aliphatic hydroxyl groups excluding tert-OH is 1. The van der Waals surface area contributed by atoms with E-state index in [4.69, 9.17) is 0 Å². The summed E-state index contributed by atoms with van der Waals surface area (Å²) in [4.78, 5) is 12.7. The molecule has 0 spiro atoms. The van der Waals surface area contributed by atoms with Gasteiger partial charge < -0.3 is 10.0 Å². The zero-order chi connectivity index (χ0) is 19.9. The van der Waals surface area contributed by atoms with E-state index >= 15 is 0 Å². The Balaban J connectivity index is 2.52. The van der Waals surface area contributed by atoms with E-state index in [-0.39, 0.29) is 25.9 Å². The van der Waals surface area contributed by atoms with Crippen molar-refractivity contribution in [3.05, 3.63) is 35.4 Å². The molecule has 1 heterocycles. The predicted octanol–water partition coefficient (Wildman–Crippen LogP) is 4.01. The van der Waals surface area contributed by atoms with Gasteiger partial charge in [-0.2, -0.15) is 26.3 Å². The zero-order valence-electron chi connectivity index (χ0n) is 13.3. The van der Waals surface area contributed by atoms with Crippen LogP contribution in [0, 0.1) is 0 Å². The fourth-order valence-corrected chi connectivity index (χ4v) is 3.11. The largest absolute Gasteiger partial charge is 0.418 e. The smallest absolute Gasteiger partial charge is 0.393 e. The molecule has 0 unspecified atom stereocenters. The Morgan fingerprint density at radius 2 is 1.58 bits per heavy atom. The molecule has 26 heavy (non-hydrogen) atoms. The molecule has 1 N–H and O–H groups in total. The average molecular weight is 399 g/mol. The molecular weight excluding hydrogens is 384 g/mol. The number of hydrogen-bond acceptors (Lipinski definition) is 3. The molecule has 1 aromatic carbocycles. The number of aliphatic hydroxyl groups is 1. The summed E-state index contributed by atoms with van der Waals surface area (Å²) in [5.41, 5.74) is -5.55. The van der Waals surface area contributed by atoms with Gasteiger partial charge in [0.2, 0.25) is 0 Å². The molecule has 3 nitrogen and oxygen atoms in total. The molecule has 10 heteroatoms. The van der Waals surface area contributed by atoms with Crippen LogP contribution in [0.5, 0.6) is 0 Å². The van der Waals surface area contributed by atoms with Gasteiger partial charge in [-0.25, -0.2) is 0 Å². The Morgan fingerprint density at radius 3 is 2.04 bits per heavy atom. The summed E-state index contributed by atoms with van der Waals surface area (Å²) in [6.07, 6.45) is -10.8. The van der Waals surface area contributed by atoms with E-state index in [9.17, 15) is 36.2 Å². The Bertz CT molecular complexity index is 721. The van der Waals surface area contributed by atoms with Gasteiger partial charge >= 0.3 is 12.4 Å². The molecular formula is C16H15F6NO2S. The van der Waals surface area contributed by atoms with Gasteiger partial charge in [-0.15, -0.1) is 12.6 Å². The number of piperidine rings is 1. The van der Waals surface area contributed by atoms with Crippen LogP contribution < -0.4 is 0 Å². The normalized spacial score (nSPS) is 16.7. The van der Waals surface area contributed by atoms with E-state index in [0.717, 1.165) is 17.0 Å². The minimum absolute atomic E-state index is 0.0805. The molecule has 1 aliphatic rings.